The minimum atomic E-state index is -5.08. The van der Waals surface area contributed by atoms with Gasteiger partial charge in [-0.1, -0.05) is 25.1 Å². The number of alkyl halides is 3. The summed E-state index contributed by atoms with van der Waals surface area (Å²) in [5.41, 5.74) is 0.906. The van der Waals surface area contributed by atoms with E-state index in [1.54, 1.807) is 6.26 Å². The van der Waals surface area contributed by atoms with Crippen LogP contribution in [0, 0.1) is 0 Å². The molecular formula is C24H29F3N2O5. The number of carboxylic acids is 1. The average Bonchev–Trinajstić information content (AvgIpc) is 3.29. The molecule has 2 aromatic rings. The van der Waals surface area contributed by atoms with Crippen molar-refractivity contribution < 1.29 is 37.0 Å². The van der Waals surface area contributed by atoms with Crippen LogP contribution in [-0.2, 0) is 16.1 Å². The number of aliphatic carboxylic acids is 1. The zero-order chi connectivity index (χ0) is 24.8. The normalized spacial score (nSPS) is 19.4. The van der Waals surface area contributed by atoms with Gasteiger partial charge in [0.05, 0.1) is 18.8 Å². The maximum Gasteiger partial charge on any atom is 0.490 e. The van der Waals surface area contributed by atoms with Gasteiger partial charge in [0.15, 0.2) is 0 Å². The third-order valence-electron chi connectivity index (χ3n) is 5.98. The number of carboxylic acid groups (broad SMARTS) is 1. The van der Waals surface area contributed by atoms with E-state index in [0.717, 1.165) is 62.4 Å². The highest BCUT2D eigenvalue weighted by Gasteiger charge is 2.43. The SMILES string of the molecule is CCCC(=O)NC1CC2(CCN(Cc3ccco3)CC2)Oc2ccccc21.O=C(O)C(F)(F)F. The van der Waals surface area contributed by atoms with E-state index < -0.39 is 12.1 Å². The summed E-state index contributed by atoms with van der Waals surface area (Å²) < 4.78 is 43.7. The Kier molecular flexibility index (Phi) is 8.24. The van der Waals surface area contributed by atoms with Crippen LogP contribution in [0.1, 0.15) is 56.4 Å². The molecule has 0 saturated carbocycles. The van der Waals surface area contributed by atoms with Crippen molar-refractivity contribution in [2.75, 3.05) is 13.1 Å². The number of ether oxygens (including phenoxy) is 1. The highest BCUT2D eigenvalue weighted by Crippen LogP contribution is 2.44. The number of para-hydroxylation sites is 1. The molecular weight excluding hydrogens is 453 g/mol. The van der Waals surface area contributed by atoms with Crippen molar-refractivity contribution in [2.24, 2.45) is 0 Å². The quantitative estimate of drug-likeness (QED) is 0.643. The van der Waals surface area contributed by atoms with Crippen molar-refractivity contribution in [3.8, 4) is 5.75 Å². The molecule has 7 nitrogen and oxygen atoms in total. The molecule has 0 radical (unpaired) electrons. The van der Waals surface area contributed by atoms with Gasteiger partial charge in [-0.15, -0.1) is 0 Å². The zero-order valence-corrected chi connectivity index (χ0v) is 18.9. The lowest BCUT2D eigenvalue weighted by molar-refractivity contribution is -0.192. The van der Waals surface area contributed by atoms with Gasteiger partial charge in [0.1, 0.15) is 17.1 Å². The fourth-order valence-electron chi connectivity index (χ4n) is 4.29. The molecule has 4 rings (SSSR count). The Balaban J connectivity index is 0.000000406. The van der Waals surface area contributed by atoms with Crippen molar-refractivity contribution in [1.29, 1.82) is 0 Å². The molecule has 1 spiro atoms. The van der Waals surface area contributed by atoms with Gasteiger partial charge in [-0.25, -0.2) is 4.79 Å². The Hall–Kier alpha value is -3.01. The summed E-state index contributed by atoms with van der Waals surface area (Å²) >= 11 is 0. The number of benzene rings is 1. The maximum absolute atomic E-state index is 12.3. The predicted molar refractivity (Wildman–Crippen MR) is 117 cm³/mol. The molecule has 10 heteroatoms. The monoisotopic (exact) mass is 482 g/mol. The molecule has 1 atom stereocenters. The Labute approximate surface area is 195 Å². The van der Waals surface area contributed by atoms with Crippen LogP contribution < -0.4 is 10.1 Å². The number of hydrogen-bond donors (Lipinski definition) is 2. The second kappa shape index (κ2) is 10.9. The number of amides is 1. The number of hydrogen-bond acceptors (Lipinski definition) is 5. The second-order valence-corrected chi connectivity index (χ2v) is 8.56. The molecule has 186 valence electrons. The van der Waals surface area contributed by atoms with E-state index in [2.05, 4.69) is 16.3 Å². The number of nitrogens with one attached hydrogen (secondary N) is 1. The van der Waals surface area contributed by atoms with Crippen molar-refractivity contribution in [3.05, 3.63) is 54.0 Å². The van der Waals surface area contributed by atoms with Crippen LogP contribution in [0.4, 0.5) is 13.2 Å². The molecule has 0 bridgehead atoms. The maximum atomic E-state index is 12.3. The molecule has 1 aromatic carbocycles. The summed E-state index contributed by atoms with van der Waals surface area (Å²) in [5, 5.41) is 10.4. The van der Waals surface area contributed by atoms with E-state index in [9.17, 15) is 18.0 Å². The van der Waals surface area contributed by atoms with Gasteiger partial charge < -0.3 is 19.6 Å². The van der Waals surface area contributed by atoms with E-state index >= 15 is 0 Å². The number of halogens is 3. The van der Waals surface area contributed by atoms with Crippen molar-refractivity contribution in [3.63, 3.8) is 0 Å². The lowest BCUT2D eigenvalue weighted by Crippen LogP contribution is -2.52. The van der Waals surface area contributed by atoms with Crippen LogP contribution in [0.2, 0.25) is 0 Å². The predicted octanol–water partition coefficient (Wildman–Crippen LogP) is 4.69. The van der Waals surface area contributed by atoms with Crippen LogP contribution in [0.5, 0.6) is 5.75 Å². The van der Waals surface area contributed by atoms with Gasteiger partial charge in [-0.3, -0.25) is 9.69 Å². The molecule has 2 aliphatic rings. The van der Waals surface area contributed by atoms with Crippen LogP contribution in [0.3, 0.4) is 0 Å². The Morgan fingerprint density at radius 1 is 1.18 bits per heavy atom. The number of nitrogens with zero attached hydrogens (tertiary/aromatic N) is 1. The molecule has 34 heavy (non-hydrogen) atoms. The first-order chi connectivity index (χ1) is 16.1. The largest absolute Gasteiger partial charge is 0.490 e. The van der Waals surface area contributed by atoms with Gasteiger partial charge in [-0.05, 0) is 37.5 Å². The molecule has 2 N–H and O–H groups in total. The average molecular weight is 482 g/mol. The number of fused-ring (bicyclic) bond motifs is 1. The molecule has 1 unspecified atom stereocenters. The summed E-state index contributed by atoms with van der Waals surface area (Å²) in [7, 11) is 0. The Bertz CT molecular complexity index is 954. The number of carbonyl (C=O) groups is 2. The summed E-state index contributed by atoms with van der Waals surface area (Å²) in [6, 6.07) is 12.1. The lowest BCUT2D eigenvalue weighted by Gasteiger charge is -2.47. The minimum absolute atomic E-state index is 0.0330. The smallest absolute Gasteiger partial charge is 0.487 e. The molecule has 2 aliphatic heterocycles. The summed E-state index contributed by atoms with van der Waals surface area (Å²) in [6.07, 6.45) is 0.844. The van der Waals surface area contributed by atoms with Crippen molar-refractivity contribution >= 4 is 11.9 Å². The van der Waals surface area contributed by atoms with E-state index in [-0.39, 0.29) is 17.6 Å². The van der Waals surface area contributed by atoms with E-state index in [1.165, 1.54) is 0 Å². The molecule has 1 fully saturated rings. The summed E-state index contributed by atoms with van der Waals surface area (Å²) in [5.74, 6) is -0.701. The van der Waals surface area contributed by atoms with Crippen LogP contribution in [0.15, 0.2) is 47.1 Å². The number of rotatable bonds is 5. The highest BCUT2D eigenvalue weighted by molar-refractivity contribution is 5.76. The van der Waals surface area contributed by atoms with Gasteiger partial charge >= 0.3 is 12.1 Å². The molecule has 1 aromatic heterocycles. The zero-order valence-electron chi connectivity index (χ0n) is 18.9. The number of furan rings is 1. The first-order valence-corrected chi connectivity index (χ1v) is 11.2. The molecule has 3 heterocycles. The minimum Gasteiger partial charge on any atom is -0.487 e. The molecule has 0 aliphatic carbocycles. The van der Waals surface area contributed by atoms with E-state index in [1.807, 2.05) is 37.3 Å². The standard InChI is InChI=1S/C22H28N2O3.C2HF3O2/c1-2-6-21(25)23-19-15-22(27-20-9-4-3-8-18(19)20)10-12-24(13-11-22)16-17-7-5-14-26-17;3-2(4,5)1(6)7/h3-5,7-9,14,19H,2,6,10-13,15-16H2,1H3,(H,23,25);(H,6,7). The lowest BCUT2D eigenvalue weighted by atomic mass is 9.80. The van der Waals surface area contributed by atoms with Gasteiger partial charge in [0, 0.05) is 31.5 Å². The van der Waals surface area contributed by atoms with E-state index in [0.29, 0.717) is 6.42 Å². The van der Waals surface area contributed by atoms with Crippen LogP contribution >= 0.6 is 0 Å². The van der Waals surface area contributed by atoms with Crippen molar-refractivity contribution in [1.82, 2.24) is 10.2 Å². The fourth-order valence-corrected chi connectivity index (χ4v) is 4.29. The third kappa shape index (κ3) is 6.75. The molecule has 1 saturated heterocycles. The van der Waals surface area contributed by atoms with Crippen LogP contribution in [0.25, 0.3) is 0 Å². The number of likely N-dealkylation sites (tertiary alicyclic amines) is 1. The van der Waals surface area contributed by atoms with E-state index in [4.69, 9.17) is 19.1 Å². The van der Waals surface area contributed by atoms with Gasteiger partial charge in [0.2, 0.25) is 5.91 Å². The summed E-state index contributed by atoms with van der Waals surface area (Å²) in [4.78, 5) is 23.6. The number of piperidine rings is 1. The Morgan fingerprint density at radius 2 is 1.85 bits per heavy atom. The summed E-state index contributed by atoms with van der Waals surface area (Å²) in [6.45, 7) is 4.82. The van der Waals surface area contributed by atoms with Gasteiger partial charge in [-0.2, -0.15) is 13.2 Å². The first kappa shape index (κ1) is 25.6. The van der Waals surface area contributed by atoms with Crippen molar-refractivity contribution in [2.45, 2.75) is 63.4 Å². The second-order valence-electron chi connectivity index (χ2n) is 8.56. The molecule has 1 amide bonds. The Morgan fingerprint density at radius 3 is 2.44 bits per heavy atom. The first-order valence-electron chi connectivity index (χ1n) is 11.2. The fraction of sp³-hybridized carbons (Fsp3) is 0.500. The van der Waals surface area contributed by atoms with Gasteiger partial charge in [0.25, 0.3) is 0 Å². The highest BCUT2D eigenvalue weighted by atomic mass is 19.4. The third-order valence-corrected chi connectivity index (χ3v) is 5.98. The van der Waals surface area contributed by atoms with Crippen LogP contribution in [-0.4, -0.2) is 46.7 Å². The number of carbonyl (C=O) groups excluding carboxylic acids is 1. The topological polar surface area (TPSA) is 92.0 Å².